The van der Waals surface area contributed by atoms with Gasteiger partial charge in [-0.25, -0.2) is 14.4 Å². The fourth-order valence-corrected chi connectivity index (χ4v) is 8.04. The molecule has 12 nitrogen and oxygen atoms in total. The van der Waals surface area contributed by atoms with Crippen molar-refractivity contribution in [3.05, 3.63) is 112 Å². The number of anilines is 3. The van der Waals surface area contributed by atoms with Gasteiger partial charge in [-0.3, -0.25) is 9.59 Å². The largest absolute Gasteiger partial charge is 0.467 e. The number of nitrogens with two attached hydrogens (primary N) is 1. The van der Waals surface area contributed by atoms with E-state index in [1.54, 1.807) is 42.5 Å². The van der Waals surface area contributed by atoms with Crippen molar-refractivity contribution in [1.29, 1.82) is 0 Å². The number of nitrogen functional groups attached to an aromatic ring is 1. The number of carbonyl (C=O) groups excluding carboxylic acids is 5. The summed E-state index contributed by atoms with van der Waals surface area (Å²) in [4.78, 5) is 64.6. The Labute approximate surface area is 367 Å². The summed E-state index contributed by atoms with van der Waals surface area (Å²) in [5.41, 5.74) is 5.37. The van der Waals surface area contributed by atoms with Crippen molar-refractivity contribution < 1.29 is 33.4 Å². The monoisotopic (exact) mass is 871 g/mol. The second-order valence-corrected chi connectivity index (χ2v) is 15.6. The van der Waals surface area contributed by atoms with Gasteiger partial charge < -0.3 is 36.5 Å². The van der Waals surface area contributed by atoms with E-state index in [9.17, 15) is 24.0 Å². The number of esters is 2. The van der Waals surface area contributed by atoms with Crippen molar-refractivity contribution in [3.8, 4) is 0 Å². The van der Waals surface area contributed by atoms with Gasteiger partial charge in [0.25, 0.3) is 11.8 Å². The Morgan fingerprint density at radius 2 is 0.951 bits per heavy atom. The number of halogens is 2. The molecule has 0 unspecified atom stereocenters. The Bertz CT molecular complexity index is 2340. The third kappa shape index (κ3) is 11.7. The highest BCUT2D eigenvalue weighted by molar-refractivity contribution is 6.40. The zero-order valence-corrected chi connectivity index (χ0v) is 37.0. The summed E-state index contributed by atoms with van der Waals surface area (Å²) < 4.78 is 10.0. The van der Waals surface area contributed by atoms with Gasteiger partial charge in [0, 0.05) is 5.69 Å². The molecule has 4 amide bonds. The summed E-state index contributed by atoms with van der Waals surface area (Å²) in [5, 5.41) is 15.3. The summed E-state index contributed by atoms with van der Waals surface area (Å²) in [6.07, 6.45) is 4.71. The molecule has 324 valence electrons. The topological polar surface area (TPSA) is 178 Å². The Morgan fingerprint density at radius 1 is 0.557 bits per heavy atom. The van der Waals surface area contributed by atoms with Crippen LogP contribution in [-0.4, -0.2) is 55.1 Å². The second-order valence-electron chi connectivity index (χ2n) is 14.8. The summed E-state index contributed by atoms with van der Waals surface area (Å²) in [6.45, 7) is 7.83. The van der Waals surface area contributed by atoms with Crippen molar-refractivity contribution in [2.45, 2.75) is 90.1 Å². The molecule has 6 N–H and O–H groups in total. The summed E-state index contributed by atoms with van der Waals surface area (Å²) in [5.74, 6) is -1.76. The summed E-state index contributed by atoms with van der Waals surface area (Å²) in [7, 11) is 2.65. The SMILES string of the molecule is CCCC(CCC)(NC(=O)c1cc2ccccc2cc1N)C(=O)OC.CCCC(CCC)(NC(=O)c1cc2ccccc2cc1NC(=O)Nc1c(Cl)cccc1Cl)C(=O)OC. The molecule has 5 aromatic rings. The first-order chi connectivity index (χ1) is 29.2. The molecule has 0 fully saturated rings. The van der Waals surface area contributed by atoms with Crippen LogP contribution in [0.15, 0.2) is 91.0 Å². The highest BCUT2D eigenvalue weighted by Crippen LogP contribution is 2.32. The van der Waals surface area contributed by atoms with Crippen LogP contribution in [0.3, 0.4) is 0 Å². The predicted molar refractivity (Wildman–Crippen MR) is 245 cm³/mol. The maximum Gasteiger partial charge on any atom is 0.331 e. The quantitative estimate of drug-likeness (QED) is 0.0480. The Morgan fingerprint density at radius 3 is 1.38 bits per heavy atom. The molecule has 0 atom stereocenters. The lowest BCUT2D eigenvalue weighted by molar-refractivity contribution is -0.149. The smallest absolute Gasteiger partial charge is 0.331 e. The molecule has 0 spiro atoms. The average Bonchev–Trinajstić information content (AvgIpc) is 3.24. The van der Waals surface area contributed by atoms with Gasteiger partial charge in [-0.1, -0.05) is 131 Å². The van der Waals surface area contributed by atoms with Crippen LogP contribution in [0.1, 0.15) is 99.8 Å². The first-order valence-electron chi connectivity index (χ1n) is 20.4. The van der Waals surface area contributed by atoms with E-state index in [4.69, 9.17) is 38.4 Å². The first kappa shape index (κ1) is 47.8. The van der Waals surface area contributed by atoms with Gasteiger partial charge in [0.15, 0.2) is 0 Å². The van der Waals surface area contributed by atoms with Crippen LogP contribution in [0.4, 0.5) is 21.9 Å². The minimum atomic E-state index is -1.18. The standard InChI is InChI=1S/C27H29Cl2N3O4.C20H26N2O3/c1-4-13-27(14-5-2,25(34)36-3)32-24(33)19-15-17-9-6-7-10-18(17)16-22(19)30-26(35)31-23-20(28)11-8-12-21(23)29;1-4-10-20(11-5-2,19(24)25-3)22-18(23)16-12-14-8-6-7-9-15(14)13-17(16)21/h6-12,15-16H,4-5,13-14H2,1-3H3,(H,32,33)(H2,30,31,35);6-9,12-13H,4-5,10-11,21H2,1-3H3,(H,22,23). The normalized spacial score (nSPS) is 11.2. The summed E-state index contributed by atoms with van der Waals surface area (Å²) in [6, 6.07) is 26.3. The lowest BCUT2D eigenvalue weighted by atomic mass is 9.88. The zero-order valence-electron chi connectivity index (χ0n) is 35.5. The maximum atomic E-state index is 13.6. The van der Waals surface area contributed by atoms with Crippen LogP contribution in [0, 0.1) is 0 Å². The number of hydrogen-bond donors (Lipinski definition) is 5. The molecule has 0 aliphatic heterocycles. The van der Waals surface area contributed by atoms with Crippen LogP contribution >= 0.6 is 23.2 Å². The molecule has 0 aromatic heterocycles. The molecular weight excluding hydrogens is 817 g/mol. The van der Waals surface area contributed by atoms with Crippen LogP contribution in [0.2, 0.25) is 10.0 Å². The minimum Gasteiger partial charge on any atom is -0.467 e. The third-order valence-electron chi connectivity index (χ3n) is 10.3. The molecule has 14 heteroatoms. The molecule has 5 rings (SSSR count). The van der Waals surface area contributed by atoms with Gasteiger partial charge >= 0.3 is 18.0 Å². The van der Waals surface area contributed by atoms with Crippen LogP contribution in [0.25, 0.3) is 21.5 Å². The van der Waals surface area contributed by atoms with Gasteiger partial charge in [-0.2, -0.15) is 0 Å². The third-order valence-corrected chi connectivity index (χ3v) is 10.9. The number of carbonyl (C=O) groups is 5. The lowest BCUT2D eigenvalue weighted by Crippen LogP contribution is -2.55. The fourth-order valence-electron chi connectivity index (χ4n) is 7.55. The average molecular weight is 873 g/mol. The lowest BCUT2D eigenvalue weighted by Gasteiger charge is -2.32. The van der Waals surface area contributed by atoms with Crippen molar-refractivity contribution in [1.82, 2.24) is 10.6 Å². The Hall–Kier alpha value is -5.85. The van der Waals surface area contributed by atoms with Crippen LogP contribution < -0.4 is 27.0 Å². The van der Waals surface area contributed by atoms with Gasteiger partial charge in [-0.15, -0.1) is 0 Å². The van der Waals surface area contributed by atoms with Crippen molar-refractivity contribution in [3.63, 3.8) is 0 Å². The molecule has 0 saturated heterocycles. The van der Waals surface area contributed by atoms with E-state index < -0.39 is 35.0 Å². The highest BCUT2D eigenvalue weighted by Gasteiger charge is 2.41. The number of hydrogen-bond acceptors (Lipinski definition) is 8. The van der Waals surface area contributed by atoms with Crippen molar-refractivity contribution in [2.24, 2.45) is 0 Å². The number of benzene rings is 5. The maximum absolute atomic E-state index is 13.6. The number of para-hydroxylation sites is 1. The van der Waals surface area contributed by atoms with Gasteiger partial charge in [-0.05, 0) is 83.6 Å². The number of nitrogens with one attached hydrogen (secondary N) is 4. The number of urea groups is 1. The summed E-state index contributed by atoms with van der Waals surface area (Å²) >= 11 is 12.4. The number of amides is 4. The van der Waals surface area contributed by atoms with E-state index in [1.165, 1.54) is 14.2 Å². The number of fused-ring (bicyclic) bond motifs is 2. The van der Waals surface area contributed by atoms with Crippen LogP contribution in [-0.2, 0) is 19.1 Å². The number of rotatable bonds is 16. The molecule has 0 saturated carbocycles. The van der Waals surface area contributed by atoms with Crippen LogP contribution in [0.5, 0.6) is 0 Å². The Kier molecular flexibility index (Phi) is 17.3. The highest BCUT2D eigenvalue weighted by atomic mass is 35.5. The minimum absolute atomic E-state index is 0.203. The van der Waals surface area contributed by atoms with E-state index in [0.717, 1.165) is 34.4 Å². The first-order valence-corrected chi connectivity index (χ1v) is 21.1. The van der Waals surface area contributed by atoms with Gasteiger partial charge in [0.05, 0.1) is 46.8 Å². The fraction of sp³-hybridized carbons (Fsp3) is 0.340. The zero-order chi connectivity index (χ0) is 44.7. The number of methoxy groups -OCH3 is 2. The van der Waals surface area contributed by atoms with Gasteiger partial charge in [0.2, 0.25) is 0 Å². The van der Waals surface area contributed by atoms with E-state index in [0.29, 0.717) is 49.8 Å². The molecule has 0 radical (unpaired) electrons. The molecular formula is C47H55Cl2N5O7. The Balaban J connectivity index is 0.000000287. The second kappa shape index (κ2) is 22.1. The number of ether oxygens (including phenoxy) is 2. The molecule has 0 bridgehead atoms. The molecule has 61 heavy (non-hydrogen) atoms. The predicted octanol–water partition coefficient (Wildman–Crippen LogP) is 10.7. The molecule has 5 aromatic carbocycles. The van der Waals surface area contributed by atoms with E-state index in [-0.39, 0.29) is 32.9 Å². The van der Waals surface area contributed by atoms with Gasteiger partial charge in [0.1, 0.15) is 11.1 Å². The van der Waals surface area contributed by atoms with E-state index >= 15 is 0 Å². The van der Waals surface area contributed by atoms with E-state index in [1.807, 2.05) is 76.2 Å². The molecule has 0 heterocycles. The molecule has 0 aliphatic rings. The van der Waals surface area contributed by atoms with Crippen molar-refractivity contribution in [2.75, 3.05) is 30.6 Å². The van der Waals surface area contributed by atoms with Crippen molar-refractivity contribution >= 4 is 91.6 Å². The van der Waals surface area contributed by atoms with E-state index in [2.05, 4.69) is 21.3 Å². The molecule has 0 aliphatic carbocycles.